The van der Waals surface area contributed by atoms with Gasteiger partial charge in [-0.25, -0.2) is 4.98 Å². The Morgan fingerprint density at radius 1 is 1.33 bits per heavy atom. The smallest absolute Gasteiger partial charge is 0.259 e. The van der Waals surface area contributed by atoms with E-state index in [4.69, 9.17) is 4.74 Å². The van der Waals surface area contributed by atoms with Gasteiger partial charge in [0.15, 0.2) is 0 Å². The van der Waals surface area contributed by atoms with Gasteiger partial charge in [-0.2, -0.15) is 0 Å². The number of pyridine rings is 2. The Hall–Kier alpha value is -2.43. The predicted molar refractivity (Wildman–Crippen MR) is 92.0 cm³/mol. The number of piperidine rings is 1. The van der Waals surface area contributed by atoms with Crippen LogP contribution in [0, 0.1) is 5.92 Å². The lowest BCUT2D eigenvalue weighted by Gasteiger charge is -2.33. The van der Waals surface area contributed by atoms with Crippen LogP contribution >= 0.6 is 0 Å². The fraction of sp³-hybridized carbons (Fsp3) is 0.421. The number of aromatic nitrogens is 2. The van der Waals surface area contributed by atoms with Crippen LogP contribution in [0.4, 0.5) is 0 Å². The SMILES string of the molecule is CCOc1ncccc1C(=O)N1CCC[C@@H](Cc2cccnc2)C1. The third-order valence-electron chi connectivity index (χ3n) is 4.34. The molecular formula is C19H23N3O2. The van der Waals surface area contributed by atoms with E-state index in [1.807, 2.05) is 24.1 Å². The maximum absolute atomic E-state index is 12.9. The lowest BCUT2D eigenvalue weighted by Crippen LogP contribution is -2.40. The van der Waals surface area contributed by atoms with Crippen molar-refractivity contribution in [3.05, 3.63) is 54.0 Å². The number of carbonyl (C=O) groups is 1. The molecule has 5 nitrogen and oxygen atoms in total. The average molecular weight is 325 g/mol. The van der Waals surface area contributed by atoms with Crippen LogP contribution in [0.3, 0.4) is 0 Å². The fourth-order valence-electron chi connectivity index (χ4n) is 3.24. The van der Waals surface area contributed by atoms with Gasteiger partial charge >= 0.3 is 0 Å². The second-order valence-electron chi connectivity index (χ2n) is 6.11. The number of nitrogens with zero attached hydrogens (tertiary/aromatic N) is 3. The first-order valence-corrected chi connectivity index (χ1v) is 8.54. The molecule has 1 fully saturated rings. The summed E-state index contributed by atoms with van der Waals surface area (Å²) in [6.45, 7) is 3.96. The van der Waals surface area contributed by atoms with E-state index in [-0.39, 0.29) is 5.91 Å². The summed E-state index contributed by atoms with van der Waals surface area (Å²) in [5.41, 5.74) is 1.79. The molecule has 126 valence electrons. The number of rotatable bonds is 5. The molecule has 1 amide bonds. The van der Waals surface area contributed by atoms with E-state index in [1.165, 1.54) is 5.56 Å². The van der Waals surface area contributed by atoms with Crippen molar-refractivity contribution in [3.8, 4) is 5.88 Å². The third-order valence-corrected chi connectivity index (χ3v) is 4.34. The zero-order valence-corrected chi connectivity index (χ0v) is 14.0. The molecule has 2 aromatic heterocycles. The van der Waals surface area contributed by atoms with Gasteiger partial charge in [0.2, 0.25) is 5.88 Å². The fourth-order valence-corrected chi connectivity index (χ4v) is 3.24. The monoisotopic (exact) mass is 325 g/mol. The van der Waals surface area contributed by atoms with Crippen LogP contribution in [0.2, 0.25) is 0 Å². The lowest BCUT2D eigenvalue weighted by molar-refractivity contribution is 0.0668. The summed E-state index contributed by atoms with van der Waals surface area (Å²) in [5.74, 6) is 0.918. The highest BCUT2D eigenvalue weighted by Crippen LogP contribution is 2.24. The van der Waals surface area contributed by atoms with E-state index in [0.717, 1.165) is 32.4 Å². The molecular weight excluding hydrogens is 302 g/mol. The number of amides is 1. The van der Waals surface area contributed by atoms with Gasteiger partial charge in [0, 0.05) is 31.7 Å². The zero-order valence-electron chi connectivity index (χ0n) is 14.0. The first-order chi connectivity index (χ1) is 11.8. The highest BCUT2D eigenvalue weighted by Gasteiger charge is 2.26. The van der Waals surface area contributed by atoms with Gasteiger partial charge in [0.25, 0.3) is 5.91 Å². The van der Waals surface area contributed by atoms with Gasteiger partial charge in [0.05, 0.1) is 6.61 Å². The van der Waals surface area contributed by atoms with Crippen LogP contribution in [-0.2, 0) is 6.42 Å². The van der Waals surface area contributed by atoms with Gasteiger partial charge in [-0.05, 0) is 55.9 Å². The van der Waals surface area contributed by atoms with Crippen LogP contribution < -0.4 is 4.74 Å². The number of likely N-dealkylation sites (tertiary alicyclic amines) is 1. The Bertz CT molecular complexity index is 675. The average Bonchev–Trinajstić information content (AvgIpc) is 2.63. The van der Waals surface area contributed by atoms with Crippen LogP contribution in [0.5, 0.6) is 5.88 Å². The van der Waals surface area contributed by atoms with E-state index < -0.39 is 0 Å². The minimum absolute atomic E-state index is 0.0161. The standard InChI is InChI=1S/C19H23N3O2/c1-2-24-18-17(8-4-10-21-18)19(23)22-11-5-7-16(14-22)12-15-6-3-9-20-13-15/h3-4,6,8-10,13,16H,2,5,7,11-12,14H2,1H3/t16-/m0/s1. The molecule has 0 saturated carbocycles. The maximum atomic E-state index is 12.9. The first-order valence-electron chi connectivity index (χ1n) is 8.54. The Morgan fingerprint density at radius 3 is 3.00 bits per heavy atom. The molecule has 1 saturated heterocycles. The molecule has 3 heterocycles. The summed E-state index contributed by atoms with van der Waals surface area (Å²) in [4.78, 5) is 23.2. The summed E-state index contributed by atoms with van der Waals surface area (Å²) in [7, 11) is 0. The summed E-state index contributed by atoms with van der Waals surface area (Å²) in [5, 5.41) is 0. The van der Waals surface area contributed by atoms with E-state index >= 15 is 0 Å². The van der Waals surface area contributed by atoms with Gasteiger partial charge < -0.3 is 9.64 Å². The molecule has 0 aromatic carbocycles. The highest BCUT2D eigenvalue weighted by atomic mass is 16.5. The molecule has 0 unspecified atom stereocenters. The molecule has 0 spiro atoms. The van der Waals surface area contributed by atoms with Crippen molar-refractivity contribution < 1.29 is 9.53 Å². The van der Waals surface area contributed by atoms with E-state index in [9.17, 15) is 4.79 Å². The molecule has 0 radical (unpaired) electrons. The Kier molecular flexibility index (Phi) is 5.41. The van der Waals surface area contributed by atoms with Crippen molar-refractivity contribution in [1.29, 1.82) is 0 Å². The highest BCUT2D eigenvalue weighted by molar-refractivity contribution is 5.96. The van der Waals surface area contributed by atoms with Crippen LogP contribution in [0.25, 0.3) is 0 Å². The summed E-state index contributed by atoms with van der Waals surface area (Å²) < 4.78 is 5.50. The molecule has 0 bridgehead atoms. The first kappa shape index (κ1) is 16.4. The molecule has 24 heavy (non-hydrogen) atoms. The number of carbonyl (C=O) groups excluding carboxylic acids is 1. The minimum atomic E-state index is 0.0161. The minimum Gasteiger partial charge on any atom is -0.477 e. The van der Waals surface area contributed by atoms with Crippen molar-refractivity contribution in [1.82, 2.24) is 14.9 Å². The van der Waals surface area contributed by atoms with Crippen molar-refractivity contribution in [3.63, 3.8) is 0 Å². The van der Waals surface area contributed by atoms with E-state index in [1.54, 1.807) is 24.5 Å². The third kappa shape index (κ3) is 3.91. The molecule has 1 aliphatic heterocycles. The van der Waals surface area contributed by atoms with E-state index in [0.29, 0.717) is 24.0 Å². The van der Waals surface area contributed by atoms with Crippen molar-refractivity contribution in [2.45, 2.75) is 26.2 Å². The lowest BCUT2D eigenvalue weighted by atomic mass is 9.91. The van der Waals surface area contributed by atoms with Crippen molar-refractivity contribution >= 4 is 5.91 Å². The molecule has 3 rings (SSSR count). The maximum Gasteiger partial charge on any atom is 0.259 e. The molecule has 1 aliphatic rings. The second kappa shape index (κ2) is 7.90. The topological polar surface area (TPSA) is 55.3 Å². The van der Waals surface area contributed by atoms with Gasteiger partial charge in [-0.3, -0.25) is 9.78 Å². The Morgan fingerprint density at radius 2 is 2.21 bits per heavy atom. The summed E-state index contributed by atoms with van der Waals surface area (Å²) in [6, 6.07) is 7.64. The Labute approximate surface area is 142 Å². The Balaban J connectivity index is 1.69. The number of hydrogen-bond donors (Lipinski definition) is 0. The quantitative estimate of drug-likeness (QED) is 0.848. The van der Waals surface area contributed by atoms with Crippen LogP contribution in [-0.4, -0.2) is 40.5 Å². The molecule has 0 aliphatic carbocycles. The van der Waals surface area contributed by atoms with Gasteiger partial charge in [-0.15, -0.1) is 0 Å². The van der Waals surface area contributed by atoms with Gasteiger partial charge in [0.1, 0.15) is 5.56 Å². The van der Waals surface area contributed by atoms with E-state index in [2.05, 4.69) is 16.0 Å². The molecule has 1 atom stereocenters. The summed E-state index contributed by atoms with van der Waals surface area (Å²) in [6.07, 6.45) is 8.49. The van der Waals surface area contributed by atoms with Gasteiger partial charge in [-0.1, -0.05) is 6.07 Å². The predicted octanol–water partition coefficient (Wildman–Crippen LogP) is 2.97. The van der Waals surface area contributed by atoms with Crippen molar-refractivity contribution in [2.24, 2.45) is 5.92 Å². The molecule has 5 heteroatoms. The second-order valence-corrected chi connectivity index (χ2v) is 6.11. The zero-order chi connectivity index (χ0) is 16.8. The number of hydrogen-bond acceptors (Lipinski definition) is 4. The molecule has 0 N–H and O–H groups in total. The van der Waals surface area contributed by atoms with Crippen LogP contribution in [0.1, 0.15) is 35.7 Å². The summed E-state index contributed by atoms with van der Waals surface area (Å²) >= 11 is 0. The van der Waals surface area contributed by atoms with Crippen molar-refractivity contribution in [2.75, 3.05) is 19.7 Å². The molecule has 2 aromatic rings. The largest absolute Gasteiger partial charge is 0.477 e. The number of ether oxygens (including phenoxy) is 1. The van der Waals surface area contributed by atoms with Crippen LogP contribution in [0.15, 0.2) is 42.9 Å². The normalized spacial score (nSPS) is 17.5.